The van der Waals surface area contributed by atoms with Gasteiger partial charge in [-0.15, -0.1) is 0 Å². The summed E-state index contributed by atoms with van der Waals surface area (Å²) in [5, 5.41) is 14.3. The van der Waals surface area contributed by atoms with E-state index in [9.17, 15) is 14.3 Å². The molecule has 0 bridgehead atoms. The highest BCUT2D eigenvalue weighted by Gasteiger charge is 2.51. The number of ether oxygens (including phenoxy) is 1. The van der Waals surface area contributed by atoms with Gasteiger partial charge in [0.25, 0.3) is 0 Å². The lowest BCUT2D eigenvalue weighted by Gasteiger charge is -2.36. The maximum atomic E-state index is 13.2. The van der Waals surface area contributed by atoms with Crippen LogP contribution in [0.4, 0.5) is 4.39 Å². The smallest absolute Gasteiger partial charge is 0.333 e. The first-order valence-corrected chi connectivity index (χ1v) is 9.58. The van der Waals surface area contributed by atoms with E-state index in [1.54, 1.807) is 25.3 Å². The van der Waals surface area contributed by atoms with Crippen LogP contribution >= 0.6 is 0 Å². The molecule has 0 radical (unpaired) electrons. The van der Waals surface area contributed by atoms with Gasteiger partial charge < -0.3 is 14.7 Å². The number of carbonyl (C=O) groups is 1. The Labute approximate surface area is 174 Å². The average molecular weight is 407 g/mol. The molecule has 2 N–H and O–H groups in total. The Morgan fingerprint density at radius 3 is 2.53 bits per heavy atom. The molecule has 2 aromatic carbocycles. The first-order chi connectivity index (χ1) is 14.4. The predicted molar refractivity (Wildman–Crippen MR) is 111 cm³/mol. The van der Waals surface area contributed by atoms with Crippen LogP contribution in [-0.4, -0.2) is 27.7 Å². The molecule has 0 amide bonds. The van der Waals surface area contributed by atoms with Crippen molar-refractivity contribution in [1.82, 2.24) is 10.3 Å². The van der Waals surface area contributed by atoms with Crippen molar-refractivity contribution in [1.29, 1.82) is 0 Å². The van der Waals surface area contributed by atoms with Gasteiger partial charge >= 0.3 is 5.97 Å². The summed E-state index contributed by atoms with van der Waals surface area (Å²) in [6.45, 7) is 4.08. The van der Waals surface area contributed by atoms with Crippen LogP contribution in [0.15, 0.2) is 82.4 Å². The number of carboxylic acids is 1. The van der Waals surface area contributed by atoms with Gasteiger partial charge in [0.05, 0.1) is 6.21 Å². The van der Waals surface area contributed by atoms with Gasteiger partial charge in [-0.2, -0.15) is 5.10 Å². The molecular formula is C23H22FN3O3. The van der Waals surface area contributed by atoms with Crippen LogP contribution in [0.3, 0.4) is 0 Å². The van der Waals surface area contributed by atoms with E-state index in [0.717, 1.165) is 16.7 Å². The fraction of sp³-hybridized carbons (Fsp3) is 0.217. The SMILES string of the molecule is CC1=C2C=NNC(OCc3ccc(F)cc3)=C2N(Cc2ccccc2)C1(C)C(=O)O. The number of hydrogen-bond donors (Lipinski definition) is 2. The van der Waals surface area contributed by atoms with Gasteiger partial charge in [-0.25, -0.2) is 14.6 Å². The Balaban J connectivity index is 1.73. The van der Waals surface area contributed by atoms with Gasteiger partial charge in [-0.3, -0.25) is 0 Å². The van der Waals surface area contributed by atoms with E-state index < -0.39 is 11.5 Å². The molecule has 7 heteroatoms. The molecule has 0 spiro atoms. The summed E-state index contributed by atoms with van der Waals surface area (Å²) >= 11 is 0. The van der Waals surface area contributed by atoms with Gasteiger partial charge in [-0.05, 0) is 42.7 Å². The first kappa shape index (κ1) is 19.7. The molecule has 0 saturated heterocycles. The summed E-state index contributed by atoms with van der Waals surface area (Å²) in [6.07, 6.45) is 1.63. The molecule has 0 aliphatic carbocycles. The fourth-order valence-corrected chi connectivity index (χ4v) is 3.74. The van der Waals surface area contributed by atoms with Gasteiger partial charge in [0.2, 0.25) is 5.88 Å². The minimum Gasteiger partial charge on any atom is -0.479 e. The average Bonchev–Trinajstić information content (AvgIpc) is 2.97. The Morgan fingerprint density at radius 2 is 1.87 bits per heavy atom. The number of nitrogens with one attached hydrogen (secondary N) is 1. The number of hydrazone groups is 1. The number of carboxylic acid groups (broad SMARTS) is 1. The minimum absolute atomic E-state index is 0.191. The maximum Gasteiger partial charge on any atom is 0.333 e. The highest BCUT2D eigenvalue weighted by atomic mass is 19.1. The van der Waals surface area contributed by atoms with Crippen molar-refractivity contribution in [2.45, 2.75) is 32.5 Å². The third-order valence-corrected chi connectivity index (χ3v) is 5.67. The van der Waals surface area contributed by atoms with Gasteiger partial charge in [0, 0.05) is 12.1 Å². The van der Waals surface area contributed by atoms with Crippen LogP contribution in [0.2, 0.25) is 0 Å². The van der Waals surface area contributed by atoms with E-state index in [-0.39, 0.29) is 12.4 Å². The third-order valence-electron chi connectivity index (χ3n) is 5.67. The van der Waals surface area contributed by atoms with Gasteiger partial charge in [0.15, 0.2) is 5.54 Å². The van der Waals surface area contributed by atoms with Crippen molar-refractivity contribution >= 4 is 12.2 Å². The highest BCUT2D eigenvalue weighted by Crippen LogP contribution is 2.44. The molecule has 0 fully saturated rings. The van der Waals surface area contributed by atoms with E-state index >= 15 is 0 Å². The summed E-state index contributed by atoms with van der Waals surface area (Å²) in [7, 11) is 0. The molecule has 0 saturated carbocycles. The topological polar surface area (TPSA) is 74.2 Å². The zero-order valence-corrected chi connectivity index (χ0v) is 16.7. The second-order valence-electron chi connectivity index (χ2n) is 7.45. The molecule has 154 valence electrons. The largest absolute Gasteiger partial charge is 0.479 e. The Kier molecular flexibility index (Phi) is 5.03. The van der Waals surface area contributed by atoms with Crippen molar-refractivity contribution in [3.05, 3.63) is 94.3 Å². The second-order valence-corrected chi connectivity index (χ2v) is 7.45. The van der Waals surface area contributed by atoms with Gasteiger partial charge in [0.1, 0.15) is 18.1 Å². The lowest BCUT2D eigenvalue weighted by Crippen LogP contribution is -2.49. The third kappa shape index (κ3) is 3.32. The first-order valence-electron chi connectivity index (χ1n) is 9.58. The molecule has 2 heterocycles. The maximum absolute atomic E-state index is 13.2. The number of halogens is 1. The second kappa shape index (κ2) is 7.67. The van der Waals surface area contributed by atoms with Crippen molar-refractivity contribution in [3.63, 3.8) is 0 Å². The fourth-order valence-electron chi connectivity index (χ4n) is 3.74. The van der Waals surface area contributed by atoms with Crippen molar-refractivity contribution < 1.29 is 19.0 Å². The minimum atomic E-state index is -1.25. The number of nitrogens with zero attached hydrogens (tertiary/aromatic N) is 2. The molecule has 6 nitrogen and oxygen atoms in total. The summed E-state index contributed by atoms with van der Waals surface area (Å²) in [5.41, 5.74) is 5.46. The Morgan fingerprint density at radius 1 is 1.17 bits per heavy atom. The van der Waals surface area contributed by atoms with Gasteiger partial charge in [-0.1, -0.05) is 42.5 Å². The van der Waals surface area contributed by atoms with E-state index in [1.807, 2.05) is 42.2 Å². The molecule has 30 heavy (non-hydrogen) atoms. The molecule has 0 aromatic heterocycles. The van der Waals surface area contributed by atoms with E-state index in [2.05, 4.69) is 10.5 Å². The number of hydrogen-bond acceptors (Lipinski definition) is 5. The zero-order valence-electron chi connectivity index (χ0n) is 16.7. The number of fused-ring (bicyclic) bond motifs is 1. The molecule has 2 aromatic rings. The highest BCUT2D eigenvalue weighted by molar-refractivity contribution is 5.95. The summed E-state index contributed by atoms with van der Waals surface area (Å²) in [5.74, 6) is -0.891. The van der Waals surface area contributed by atoms with Crippen LogP contribution in [0, 0.1) is 5.82 Å². The quantitative estimate of drug-likeness (QED) is 0.763. The summed E-state index contributed by atoms with van der Waals surface area (Å²) in [4.78, 5) is 14.2. The number of rotatable bonds is 6. The zero-order chi connectivity index (χ0) is 21.3. The lowest BCUT2D eigenvalue weighted by atomic mass is 9.92. The number of aliphatic carboxylic acids is 1. The molecule has 2 aliphatic rings. The number of benzene rings is 2. The normalized spacial score (nSPS) is 20.3. The molecule has 4 rings (SSSR count). The lowest BCUT2D eigenvalue weighted by molar-refractivity contribution is -0.146. The number of allylic oxidation sites excluding steroid dienone is 1. The molecular weight excluding hydrogens is 385 g/mol. The van der Waals surface area contributed by atoms with Crippen LogP contribution < -0.4 is 5.43 Å². The van der Waals surface area contributed by atoms with Crippen LogP contribution in [0.25, 0.3) is 0 Å². The summed E-state index contributed by atoms with van der Waals surface area (Å²) < 4.78 is 19.1. The van der Waals surface area contributed by atoms with Crippen LogP contribution in [0.5, 0.6) is 0 Å². The Hall–Kier alpha value is -3.61. The molecule has 1 unspecified atom stereocenters. The van der Waals surface area contributed by atoms with Crippen molar-refractivity contribution in [3.8, 4) is 0 Å². The molecule has 1 atom stereocenters. The monoisotopic (exact) mass is 407 g/mol. The standard InChI is InChI=1S/C23H22FN3O3/c1-15-19-12-25-26-21(30-14-17-8-10-18(24)11-9-17)20(19)27(23(15,2)22(28)29)13-16-6-4-3-5-7-16/h3-12,26H,13-14H2,1-2H3,(H,28,29). The van der Waals surface area contributed by atoms with E-state index in [0.29, 0.717) is 23.7 Å². The summed E-state index contributed by atoms with van der Waals surface area (Å²) in [6, 6.07) is 15.7. The van der Waals surface area contributed by atoms with Crippen LogP contribution in [0.1, 0.15) is 25.0 Å². The van der Waals surface area contributed by atoms with Crippen molar-refractivity contribution in [2.75, 3.05) is 0 Å². The van der Waals surface area contributed by atoms with E-state index in [1.165, 1.54) is 12.1 Å². The predicted octanol–water partition coefficient (Wildman–Crippen LogP) is 3.78. The van der Waals surface area contributed by atoms with Crippen molar-refractivity contribution in [2.24, 2.45) is 5.10 Å². The van der Waals surface area contributed by atoms with E-state index in [4.69, 9.17) is 4.74 Å². The molecule has 2 aliphatic heterocycles. The Bertz CT molecular complexity index is 1060. The van der Waals surface area contributed by atoms with Crippen LogP contribution in [-0.2, 0) is 22.7 Å².